The maximum atomic E-state index is 13.3. The number of unbranched alkanes of at least 4 members (excludes halogenated alkanes) is 3. The Labute approximate surface area is 168 Å². The van der Waals surface area contributed by atoms with E-state index in [0.717, 1.165) is 31.7 Å². The molecular weight excluding hydrogens is 379 g/mol. The van der Waals surface area contributed by atoms with Gasteiger partial charge in [0.25, 0.3) is 0 Å². The summed E-state index contributed by atoms with van der Waals surface area (Å²) in [5, 5.41) is 9.38. The van der Waals surface area contributed by atoms with E-state index in [1.165, 1.54) is 12.1 Å². The topological polar surface area (TPSA) is 65.0 Å². The molecule has 0 aromatic heterocycles. The summed E-state index contributed by atoms with van der Waals surface area (Å²) in [6.07, 6.45) is 5.54. The van der Waals surface area contributed by atoms with Crippen LogP contribution >= 0.6 is 0 Å². The lowest BCUT2D eigenvalue weighted by Gasteiger charge is -2.28. The summed E-state index contributed by atoms with van der Waals surface area (Å²) in [4.78, 5) is 11.4. The van der Waals surface area contributed by atoms with Crippen molar-refractivity contribution in [3.63, 3.8) is 0 Å². The van der Waals surface area contributed by atoms with Gasteiger partial charge in [0.15, 0.2) is 0 Å². The second-order valence-corrected chi connectivity index (χ2v) is 9.16. The van der Waals surface area contributed by atoms with Gasteiger partial charge in [-0.25, -0.2) is 9.18 Å². The average molecular weight is 413 g/mol. The van der Waals surface area contributed by atoms with Crippen molar-refractivity contribution in [2.24, 2.45) is 0 Å². The molecule has 0 spiro atoms. The van der Waals surface area contributed by atoms with Crippen LogP contribution in [0.25, 0.3) is 6.08 Å². The first-order valence-corrected chi connectivity index (χ1v) is 12.0. The molecule has 0 saturated carbocycles. The Morgan fingerprint density at radius 2 is 1.64 bits per heavy atom. The second kappa shape index (κ2) is 13.6. The molecule has 0 unspecified atom stereocenters. The van der Waals surface area contributed by atoms with Gasteiger partial charge in [-0.05, 0) is 63.8 Å². The number of carboxylic acid groups (broad SMARTS) is 1. The van der Waals surface area contributed by atoms with Crippen LogP contribution in [0, 0.1) is 5.82 Å². The summed E-state index contributed by atoms with van der Waals surface area (Å²) >= 11 is 0. The van der Waals surface area contributed by atoms with Crippen LogP contribution in [0.2, 0.25) is 6.04 Å². The van der Waals surface area contributed by atoms with E-state index in [2.05, 4.69) is 0 Å². The molecule has 28 heavy (non-hydrogen) atoms. The van der Waals surface area contributed by atoms with Gasteiger partial charge in [-0.1, -0.05) is 25.0 Å². The first-order valence-electron chi connectivity index (χ1n) is 10.1. The third-order valence-corrected chi connectivity index (χ3v) is 7.39. The number of hydrogen-bond acceptors (Lipinski definition) is 4. The van der Waals surface area contributed by atoms with E-state index in [0.29, 0.717) is 37.4 Å². The zero-order valence-electron chi connectivity index (χ0n) is 17.2. The van der Waals surface area contributed by atoms with Gasteiger partial charge in [-0.3, -0.25) is 0 Å². The van der Waals surface area contributed by atoms with Crippen LogP contribution < -0.4 is 0 Å². The van der Waals surface area contributed by atoms with Crippen LogP contribution in [-0.4, -0.2) is 39.7 Å². The highest BCUT2D eigenvalue weighted by atomic mass is 28.4. The Bertz CT molecular complexity index is 604. The third kappa shape index (κ3) is 9.10. The minimum atomic E-state index is -2.59. The van der Waals surface area contributed by atoms with E-state index in [1.54, 1.807) is 18.2 Å². The third-order valence-electron chi connectivity index (χ3n) is 4.24. The Balaban J connectivity index is 2.48. The van der Waals surface area contributed by atoms with Crippen molar-refractivity contribution < 1.29 is 27.6 Å². The fourth-order valence-electron chi connectivity index (χ4n) is 3.05. The zero-order chi connectivity index (χ0) is 20.8. The summed E-state index contributed by atoms with van der Waals surface area (Å²) in [6, 6.07) is 6.72. The van der Waals surface area contributed by atoms with Gasteiger partial charge in [0.05, 0.1) is 0 Å². The first-order chi connectivity index (χ1) is 13.5. The Morgan fingerprint density at radius 3 is 2.18 bits per heavy atom. The van der Waals surface area contributed by atoms with E-state index in [4.69, 9.17) is 13.3 Å². The number of hydrogen-bond donors (Lipinski definition) is 1. The van der Waals surface area contributed by atoms with E-state index in [9.17, 15) is 14.3 Å². The predicted molar refractivity (Wildman–Crippen MR) is 111 cm³/mol. The molecular formula is C21H33FO5Si. The molecule has 0 aliphatic carbocycles. The van der Waals surface area contributed by atoms with Gasteiger partial charge >= 0.3 is 14.8 Å². The largest absolute Gasteiger partial charge is 0.500 e. The summed E-state index contributed by atoms with van der Waals surface area (Å²) in [5.41, 5.74) is 0.866. The average Bonchev–Trinajstić information content (AvgIpc) is 2.64. The van der Waals surface area contributed by atoms with Gasteiger partial charge in [-0.15, -0.1) is 0 Å². The van der Waals surface area contributed by atoms with Gasteiger partial charge in [-0.2, -0.15) is 0 Å². The molecule has 0 radical (unpaired) electrons. The monoisotopic (exact) mass is 412 g/mol. The van der Waals surface area contributed by atoms with E-state index < -0.39 is 14.8 Å². The molecule has 1 aromatic carbocycles. The summed E-state index contributed by atoms with van der Waals surface area (Å²) < 4.78 is 30.8. The standard InChI is InChI=1S/C21H33FO5Si/c1-4-25-28(26-5-2,27-6-3)15-10-8-7-9-13-19(21(23)24)16-18-12-11-14-20(22)17-18/h11-12,14,16-17H,4-10,13,15H2,1-3H3,(H,23,24)/b19-16+. The molecule has 1 rings (SSSR count). The van der Waals surface area contributed by atoms with Gasteiger partial charge in [0.2, 0.25) is 0 Å². The van der Waals surface area contributed by atoms with Crippen molar-refractivity contribution >= 4 is 20.8 Å². The van der Waals surface area contributed by atoms with Crippen molar-refractivity contribution in [2.75, 3.05) is 19.8 Å². The Kier molecular flexibility index (Phi) is 11.9. The molecule has 0 aliphatic rings. The van der Waals surface area contributed by atoms with Gasteiger partial charge in [0.1, 0.15) is 5.82 Å². The summed E-state index contributed by atoms with van der Waals surface area (Å²) in [5.74, 6) is -1.33. The number of benzene rings is 1. The van der Waals surface area contributed by atoms with Crippen molar-refractivity contribution in [2.45, 2.75) is 58.9 Å². The molecule has 0 saturated heterocycles. The van der Waals surface area contributed by atoms with Crippen molar-refractivity contribution in [1.82, 2.24) is 0 Å². The Morgan fingerprint density at radius 1 is 1.04 bits per heavy atom. The number of carbonyl (C=O) groups is 1. The van der Waals surface area contributed by atoms with Crippen LogP contribution in [0.4, 0.5) is 4.39 Å². The SMILES string of the molecule is CCO[Si](CCCCCC/C(=C\c1cccc(F)c1)C(=O)O)(OCC)OCC. The molecule has 7 heteroatoms. The predicted octanol–water partition coefficient (Wildman–Crippen LogP) is 5.29. The number of rotatable bonds is 15. The number of halogens is 1. The molecule has 1 aromatic rings. The first kappa shape index (κ1) is 24.5. The van der Waals surface area contributed by atoms with Gasteiger partial charge in [0, 0.05) is 31.4 Å². The van der Waals surface area contributed by atoms with Crippen LogP contribution in [0.15, 0.2) is 29.8 Å². The van der Waals surface area contributed by atoms with E-state index >= 15 is 0 Å². The van der Waals surface area contributed by atoms with Gasteiger partial charge < -0.3 is 18.4 Å². The minimum Gasteiger partial charge on any atom is -0.478 e. The highest BCUT2D eigenvalue weighted by Crippen LogP contribution is 2.21. The maximum Gasteiger partial charge on any atom is 0.500 e. The minimum absolute atomic E-state index is 0.298. The molecule has 0 atom stereocenters. The van der Waals surface area contributed by atoms with Crippen LogP contribution in [-0.2, 0) is 18.1 Å². The van der Waals surface area contributed by atoms with Crippen LogP contribution in [0.3, 0.4) is 0 Å². The molecule has 0 bridgehead atoms. The molecule has 1 N–H and O–H groups in total. The van der Waals surface area contributed by atoms with Crippen molar-refractivity contribution in [3.05, 3.63) is 41.2 Å². The van der Waals surface area contributed by atoms with Crippen LogP contribution in [0.1, 0.15) is 58.4 Å². The summed E-state index contributed by atoms with van der Waals surface area (Å²) in [6.45, 7) is 7.53. The van der Waals surface area contributed by atoms with Crippen LogP contribution in [0.5, 0.6) is 0 Å². The van der Waals surface area contributed by atoms with E-state index in [-0.39, 0.29) is 5.82 Å². The fourth-order valence-corrected chi connectivity index (χ4v) is 5.74. The lowest BCUT2D eigenvalue weighted by Crippen LogP contribution is -2.45. The van der Waals surface area contributed by atoms with E-state index in [1.807, 2.05) is 20.8 Å². The Hall–Kier alpha value is -1.54. The molecule has 0 amide bonds. The smallest absolute Gasteiger partial charge is 0.478 e. The summed E-state index contributed by atoms with van der Waals surface area (Å²) in [7, 11) is -2.59. The number of carboxylic acids is 1. The highest BCUT2D eigenvalue weighted by Gasteiger charge is 2.39. The second-order valence-electron chi connectivity index (χ2n) is 6.43. The van der Waals surface area contributed by atoms with Crippen molar-refractivity contribution in [3.8, 4) is 0 Å². The fraction of sp³-hybridized carbons (Fsp3) is 0.571. The molecule has 0 fully saturated rings. The molecule has 0 aliphatic heterocycles. The quantitative estimate of drug-likeness (QED) is 0.241. The normalized spacial score (nSPS) is 12.4. The molecule has 158 valence electrons. The maximum absolute atomic E-state index is 13.3. The molecule has 0 heterocycles. The highest BCUT2D eigenvalue weighted by molar-refractivity contribution is 6.60. The zero-order valence-corrected chi connectivity index (χ0v) is 18.2. The van der Waals surface area contributed by atoms with Crippen molar-refractivity contribution in [1.29, 1.82) is 0 Å². The lowest BCUT2D eigenvalue weighted by molar-refractivity contribution is -0.132. The lowest BCUT2D eigenvalue weighted by atomic mass is 10.0. The number of aliphatic carboxylic acids is 1. The molecule has 5 nitrogen and oxygen atoms in total.